The van der Waals surface area contributed by atoms with Crippen LogP contribution >= 0.6 is 15.8 Å². The van der Waals surface area contributed by atoms with Crippen molar-refractivity contribution < 1.29 is 26.4 Å². The summed E-state index contributed by atoms with van der Waals surface area (Å²) in [5.74, 6) is 7.34. The number of rotatable bonds is 1. The summed E-state index contributed by atoms with van der Waals surface area (Å²) >= 11 is 3.11. The van der Waals surface area contributed by atoms with Crippen molar-refractivity contribution in [2.45, 2.75) is 34.6 Å². The summed E-state index contributed by atoms with van der Waals surface area (Å²) in [5.41, 5.74) is 0. The predicted octanol–water partition coefficient (Wildman–Crippen LogP) is 3.37. The van der Waals surface area contributed by atoms with Crippen LogP contribution in [0.1, 0.15) is 34.6 Å². The van der Waals surface area contributed by atoms with Gasteiger partial charge in [-0.05, 0) is 43.7 Å². The van der Waals surface area contributed by atoms with Crippen LogP contribution in [0, 0.1) is 42.9 Å². The van der Waals surface area contributed by atoms with E-state index in [2.05, 4.69) is 63.7 Å². The van der Waals surface area contributed by atoms with E-state index in [9.17, 15) is 0 Å². The molecule has 0 aromatic rings. The van der Waals surface area contributed by atoms with Crippen LogP contribution in [0.3, 0.4) is 0 Å². The van der Waals surface area contributed by atoms with Crippen molar-refractivity contribution in [3.63, 3.8) is 0 Å². The first-order valence-corrected chi connectivity index (χ1v) is 6.44. The summed E-state index contributed by atoms with van der Waals surface area (Å²) in [6.07, 6.45) is 1.81. The second-order valence-corrected chi connectivity index (χ2v) is 4.60. The smallest absolute Gasteiger partial charge is 0 e. The van der Waals surface area contributed by atoms with Crippen LogP contribution in [0.25, 0.3) is 0 Å². The second kappa shape index (κ2) is 17.6. The van der Waals surface area contributed by atoms with E-state index >= 15 is 0 Å². The summed E-state index contributed by atoms with van der Waals surface area (Å²) in [6.45, 7) is 20.0. The van der Waals surface area contributed by atoms with Gasteiger partial charge in [-0.2, -0.15) is 0 Å². The van der Waals surface area contributed by atoms with Gasteiger partial charge in [-0.1, -0.05) is 34.6 Å². The van der Waals surface area contributed by atoms with Crippen molar-refractivity contribution in [1.29, 1.82) is 0 Å². The maximum atomic E-state index is 7.50. The van der Waals surface area contributed by atoms with Gasteiger partial charge in [-0.15, -0.1) is 15.8 Å². The molecular weight excluding hydrogens is 361 g/mol. The molecule has 6 radical (unpaired) electrons. The van der Waals surface area contributed by atoms with Crippen LogP contribution < -0.4 is 0 Å². The minimum atomic E-state index is 0. The van der Waals surface area contributed by atoms with E-state index in [0.29, 0.717) is 0 Å². The van der Waals surface area contributed by atoms with Crippen molar-refractivity contribution in [3.8, 4) is 0 Å². The van der Waals surface area contributed by atoms with Crippen LogP contribution in [-0.2, 0) is 26.4 Å². The van der Waals surface area contributed by atoms with Crippen LogP contribution in [0.2, 0.25) is 0 Å². The van der Waals surface area contributed by atoms with E-state index < -0.39 is 0 Å². The third-order valence-corrected chi connectivity index (χ3v) is 3.83. The van der Waals surface area contributed by atoms with Crippen LogP contribution in [0.4, 0.5) is 0 Å². The Morgan fingerprint density at radius 2 is 0.850 bits per heavy atom. The van der Waals surface area contributed by atoms with Gasteiger partial charge in [0.25, 0.3) is 0 Å². The van der Waals surface area contributed by atoms with Crippen molar-refractivity contribution in [3.05, 3.63) is 42.9 Å². The van der Waals surface area contributed by atoms with E-state index in [4.69, 9.17) is 9.30 Å². The average molecular weight is 382 g/mol. The van der Waals surface area contributed by atoms with Gasteiger partial charge in [-0.25, -0.2) is 0 Å². The number of hydrogen-bond acceptors (Lipinski definition) is 1. The quantitative estimate of drug-likeness (QED) is 0.390. The Hall–Kier alpha value is 0.504. The van der Waals surface area contributed by atoms with Gasteiger partial charge < -0.3 is 4.81 Å². The SMILES string of the molecule is CN(C)[B]Br.C[C]1[C](C)[C](C)[C](C)[C]1C.[C-]#[O+].[C-]#[O+].[Fe]. The summed E-state index contributed by atoms with van der Waals surface area (Å²) in [5, 5.41) is 0. The van der Waals surface area contributed by atoms with Crippen LogP contribution in [0.15, 0.2) is 0 Å². The molecule has 3 nitrogen and oxygen atoms in total. The summed E-state index contributed by atoms with van der Waals surface area (Å²) < 4.78 is 15.0. The van der Waals surface area contributed by atoms with Crippen LogP contribution in [0.5, 0.6) is 0 Å². The molecule has 0 saturated heterocycles. The first-order chi connectivity index (χ1) is 8.82. The summed E-state index contributed by atoms with van der Waals surface area (Å²) in [7, 11) is 3.91. The summed E-state index contributed by atoms with van der Waals surface area (Å²) in [4.78, 5) is 1.92. The Balaban J connectivity index is -0.000000110. The molecule has 0 aromatic carbocycles. The van der Waals surface area contributed by atoms with E-state index in [-0.39, 0.29) is 17.1 Å². The van der Waals surface area contributed by atoms with Crippen molar-refractivity contribution in [1.82, 2.24) is 4.81 Å². The molecule has 0 unspecified atom stereocenters. The Labute approximate surface area is 144 Å². The number of nitrogens with zero attached hydrogens (tertiary/aromatic N) is 1. The molecule has 20 heavy (non-hydrogen) atoms. The molecule has 0 amide bonds. The van der Waals surface area contributed by atoms with Gasteiger partial charge in [0, 0.05) is 17.1 Å². The molecule has 1 fully saturated rings. The molecule has 1 rings (SSSR count). The van der Waals surface area contributed by atoms with E-state index in [1.54, 1.807) is 0 Å². The molecule has 0 aromatic heterocycles. The van der Waals surface area contributed by atoms with E-state index in [0.717, 1.165) is 0 Å². The first-order valence-electron chi connectivity index (χ1n) is 5.53. The molecule has 0 spiro atoms. The van der Waals surface area contributed by atoms with Gasteiger partial charge in [0.1, 0.15) is 0 Å². The fraction of sp³-hybridized carbons (Fsp3) is 0.500. The Morgan fingerprint density at radius 3 is 0.900 bits per heavy atom. The minimum absolute atomic E-state index is 0. The maximum absolute atomic E-state index is 7.50. The van der Waals surface area contributed by atoms with E-state index in [1.165, 1.54) is 29.6 Å². The van der Waals surface area contributed by atoms with Gasteiger partial charge in [0.05, 0.1) is 0 Å². The Morgan fingerprint density at radius 1 is 0.750 bits per heavy atom. The topological polar surface area (TPSA) is 43.0 Å². The Bertz CT molecular complexity index is 201. The van der Waals surface area contributed by atoms with Gasteiger partial charge in [0.2, 0.25) is 0 Å². The molecule has 0 heterocycles. The maximum Gasteiger partial charge on any atom is 0 e. The zero-order valence-corrected chi connectivity index (χ0v) is 15.8. The molecule has 0 aliphatic heterocycles. The van der Waals surface area contributed by atoms with Crippen LogP contribution in [-0.4, -0.2) is 25.1 Å². The minimum Gasteiger partial charge on any atom is 0 e. The largest absolute Gasteiger partial charge is 0 e. The first kappa shape index (κ1) is 28.6. The van der Waals surface area contributed by atoms with Crippen molar-refractivity contribution in [2.75, 3.05) is 14.1 Å². The second-order valence-electron chi connectivity index (χ2n) is 4.19. The molecule has 0 atom stereocenters. The molecule has 6 heteroatoms. The zero-order chi connectivity index (χ0) is 16.2. The van der Waals surface area contributed by atoms with Gasteiger partial charge >= 0.3 is 28.8 Å². The van der Waals surface area contributed by atoms with E-state index in [1.807, 2.05) is 25.1 Å². The Kier molecular flexibility index (Phi) is 25.1. The molecule has 0 N–H and O–H groups in total. The normalized spacial score (nSPS) is 16.6. The third kappa shape index (κ3) is 11.2. The third-order valence-electron chi connectivity index (χ3n) is 3.01. The summed E-state index contributed by atoms with van der Waals surface area (Å²) in [6, 6.07) is 0. The van der Waals surface area contributed by atoms with Gasteiger partial charge in [0.15, 0.2) is 0 Å². The fourth-order valence-electron chi connectivity index (χ4n) is 1.41. The molecule has 0 bridgehead atoms. The fourth-order valence-corrected chi connectivity index (χ4v) is 1.41. The molecular formula is C14H21BBrFeNO2. The van der Waals surface area contributed by atoms with Gasteiger partial charge in [-0.3, -0.25) is 0 Å². The number of hydrogen-bond donors (Lipinski definition) is 0. The number of halogens is 1. The molecule has 1 saturated carbocycles. The average Bonchev–Trinajstić information content (AvgIpc) is 2.62. The zero-order valence-electron chi connectivity index (χ0n) is 13.1. The van der Waals surface area contributed by atoms with Crippen molar-refractivity contribution >= 4 is 22.0 Å². The standard InChI is InChI=1S/C10H15.C2H6BBrN.2CO.Fe/c1-6-7(2)9(4)10(5)8(6)3;1-5(2)3-4;2*1-2;/h1-5H3;1-2H3;;;. The molecule has 1 aliphatic rings. The predicted molar refractivity (Wildman–Crippen MR) is 80.8 cm³/mol. The van der Waals surface area contributed by atoms with Crippen molar-refractivity contribution in [2.24, 2.45) is 0 Å². The molecule has 112 valence electrons. The monoisotopic (exact) mass is 381 g/mol. The molecule has 1 aliphatic carbocycles.